The Bertz CT molecular complexity index is 275. The molecule has 1 unspecified atom stereocenters. The summed E-state index contributed by atoms with van der Waals surface area (Å²) in [6, 6.07) is 0. The van der Waals surface area contributed by atoms with Crippen molar-refractivity contribution in [3.63, 3.8) is 0 Å². The van der Waals surface area contributed by atoms with Crippen LogP contribution in [0.4, 0.5) is 13.2 Å². The van der Waals surface area contributed by atoms with Crippen molar-refractivity contribution in [3.8, 4) is 0 Å². The molecule has 0 aromatic heterocycles. The van der Waals surface area contributed by atoms with Crippen LogP contribution in [0.25, 0.3) is 0 Å². The molecule has 0 saturated carbocycles. The lowest BCUT2D eigenvalue weighted by Gasteiger charge is -2.41. The summed E-state index contributed by atoms with van der Waals surface area (Å²) in [5, 5.41) is 0.884. The Morgan fingerprint density at radius 3 is 2.20 bits per heavy atom. The van der Waals surface area contributed by atoms with Crippen LogP contribution < -0.4 is 0 Å². The molecule has 1 atom stereocenters. The van der Waals surface area contributed by atoms with E-state index in [1.165, 1.54) is 0 Å². The molecule has 0 aromatic carbocycles. The van der Waals surface area contributed by atoms with Crippen LogP contribution in [0, 0.1) is 11.3 Å². The Morgan fingerprint density at radius 1 is 1.15 bits per heavy atom. The fraction of sp³-hybridized carbons (Fsp3) is 1.00. The molecule has 20 heavy (non-hydrogen) atoms. The maximum atomic E-state index is 12.9. The number of nitrogens with zero attached hydrogens (tertiary/aromatic N) is 1. The Labute approximate surface area is 129 Å². The van der Waals surface area contributed by atoms with Crippen molar-refractivity contribution in [1.82, 2.24) is 4.90 Å². The minimum atomic E-state index is -4.04. The third-order valence-electron chi connectivity index (χ3n) is 4.37. The molecule has 1 aliphatic rings. The highest BCUT2D eigenvalue weighted by molar-refractivity contribution is 9.09. The predicted octanol–water partition coefficient (Wildman–Crippen LogP) is 5.24. The van der Waals surface area contributed by atoms with Gasteiger partial charge in [-0.1, -0.05) is 42.6 Å². The highest BCUT2D eigenvalue weighted by Gasteiger charge is 2.42. The third-order valence-corrected chi connectivity index (χ3v) is 5.56. The first-order valence-electron chi connectivity index (χ1n) is 7.72. The standard InChI is InChI=1S/C15H27BrF3N/c1-3-7-14(11-16,8-4-2)12-20-9-5-6-13(10-20)15(17,18)19/h13H,3-12H2,1-2H3. The van der Waals surface area contributed by atoms with Crippen molar-refractivity contribution in [3.05, 3.63) is 0 Å². The third kappa shape index (κ3) is 5.21. The van der Waals surface area contributed by atoms with Crippen LogP contribution in [-0.2, 0) is 0 Å². The Hall–Kier alpha value is 0.230. The average Bonchev–Trinajstić information content (AvgIpc) is 2.38. The minimum absolute atomic E-state index is 0.136. The first-order chi connectivity index (χ1) is 9.37. The summed E-state index contributed by atoms with van der Waals surface area (Å²) in [6.07, 6.45) is 1.26. The van der Waals surface area contributed by atoms with Crippen LogP contribution in [0.1, 0.15) is 52.4 Å². The normalized spacial score (nSPS) is 22.2. The molecule has 0 bridgehead atoms. The molecule has 0 N–H and O–H groups in total. The lowest BCUT2D eigenvalue weighted by molar-refractivity contribution is -0.187. The molecular weight excluding hydrogens is 331 g/mol. The lowest BCUT2D eigenvalue weighted by atomic mass is 9.80. The molecule has 0 amide bonds. The van der Waals surface area contributed by atoms with E-state index in [4.69, 9.17) is 0 Å². The van der Waals surface area contributed by atoms with E-state index in [9.17, 15) is 13.2 Å². The van der Waals surface area contributed by atoms with Gasteiger partial charge in [0.05, 0.1) is 5.92 Å². The maximum Gasteiger partial charge on any atom is 0.393 e. The van der Waals surface area contributed by atoms with E-state index in [1.54, 1.807) is 0 Å². The second kappa shape index (κ2) is 8.02. The number of rotatable bonds is 7. The molecule has 1 aliphatic heterocycles. The maximum absolute atomic E-state index is 12.9. The molecule has 0 radical (unpaired) electrons. The van der Waals surface area contributed by atoms with Gasteiger partial charge in [0.1, 0.15) is 0 Å². The summed E-state index contributed by atoms with van der Waals surface area (Å²) >= 11 is 3.61. The van der Waals surface area contributed by atoms with Gasteiger partial charge in [0.2, 0.25) is 0 Å². The second-order valence-corrected chi connectivity index (χ2v) is 6.81. The van der Waals surface area contributed by atoms with Gasteiger partial charge in [0, 0.05) is 18.4 Å². The molecule has 1 heterocycles. The largest absolute Gasteiger partial charge is 0.393 e. The number of alkyl halides is 4. The number of halogens is 4. The van der Waals surface area contributed by atoms with Crippen molar-refractivity contribution in [2.75, 3.05) is 25.0 Å². The van der Waals surface area contributed by atoms with Gasteiger partial charge in [-0.2, -0.15) is 13.2 Å². The Balaban J connectivity index is 2.68. The number of hydrogen-bond donors (Lipinski definition) is 0. The fourth-order valence-electron chi connectivity index (χ4n) is 3.46. The molecule has 1 nitrogen and oxygen atoms in total. The van der Waals surface area contributed by atoms with E-state index >= 15 is 0 Å². The molecule has 0 aromatic rings. The van der Waals surface area contributed by atoms with Crippen molar-refractivity contribution in [2.24, 2.45) is 11.3 Å². The quantitative estimate of drug-likeness (QED) is 0.563. The van der Waals surface area contributed by atoms with E-state index in [-0.39, 0.29) is 12.0 Å². The second-order valence-electron chi connectivity index (χ2n) is 6.25. The summed E-state index contributed by atoms with van der Waals surface area (Å²) in [5.74, 6) is -1.13. The van der Waals surface area contributed by atoms with Crippen LogP contribution in [0.2, 0.25) is 0 Å². The molecule has 120 valence electrons. The smallest absolute Gasteiger partial charge is 0.302 e. The van der Waals surface area contributed by atoms with Crippen molar-refractivity contribution >= 4 is 15.9 Å². The number of hydrogen-bond acceptors (Lipinski definition) is 1. The summed E-state index contributed by atoms with van der Waals surface area (Å²) in [4.78, 5) is 2.05. The predicted molar refractivity (Wildman–Crippen MR) is 81.3 cm³/mol. The van der Waals surface area contributed by atoms with Crippen molar-refractivity contribution < 1.29 is 13.2 Å². The van der Waals surface area contributed by atoms with Crippen LogP contribution in [-0.4, -0.2) is 36.0 Å². The van der Waals surface area contributed by atoms with Crippen LogP contribution in [0.5, 0.6) is 0 Å². The molecule has 1 fully saturated rings. The molecular formula is C15H27BrF3N. The Morgan fingerprint density at radius 2 is 1.75 bits per heavy atom. The van der Waals surface area contributed by atoms with Gasteiger partial charge in [-0.05, 0) is 37.6 Å². The zero-order chi connectivity index (χ0) is 15.2. The van der Waals surface area contributed by atoms with E-state index in [2.05, 4.69) is 29.8 Å². The van der Waals surface area contributed by atoms with Crippen LogP contribution in [0.15, 0.2) is 0 Å². The number of piperidine rings is 1. The fourth-order valence-corrected chi connectivity index (χ4v) is 4.20. The zero-order valence-corrected chi connectivity index (χ0v) is 14.2. The SMILES string of the molecule is CCCC(CBr)(CCC)CN1CCCC(C(F)(F)F)C1. The lowest BCUT2D eigenvalue weighted by Crippen LogP contribution is -2.47. The highest BCUT2D eigenvalue weighted by Crippen LogP contribution is 2.37. The average molecular weight is 358 g/mol. The zero-order valence-electron chi connectivity index (χ0n) is 12.6. The first kappa shape index (κ1) is 18.3. The van der Waals surface area contributed by atoms with Crippen molar-refractivity contribution in [2.45, 2.75) is 58.5 Å². The summed E-state index contributed by atoms with van der Waals surface area (Å²) in [6.45, 7) is 6.11. The van der Waals surface area contributed by atoms with E-state index < -0.39 is 12.1 Å². The monoisotopic (exact) mass is 357 g/mol. The summed E-state index contributed by atoms with van der Waals surface area (Å²) < 4.78 is 38.7. The summed E-state index contributed by atoms with van der Waals surface area (Å²) in [5.41, 5.74) is 0.136. The topological polar surface area (TPSA) is 3.24 Å². The van der Waals surface area contributed by atoms with Gasteiger partial charge in [0.25, 0.3) is 0 Å². The van der Waals surface area contributed by atoms with Gasteiger partial charge >= 0.3 is 6.18 Å². The minimum Gasteiger partial charge on any atom is -0.302 e. The van der Waals surface area contributed by atoms with E-state index in [0.717, 1.165) is 44.1 Å². The van der Waals surface area contributed by atoms with Gasteiger partial charge in [-0.15, -0.1) is 0 Å². The molecule has 5 heteroatoms. The summed E-state index contributed by atoms with van der Waals surface area (Å²) in [7, 11) is 0. The molecule has 0 spiro atoms. The van der Waals surface area contributed by atoms with Gasteiger partial charge < -0.3 is 4.90 Å². The molecule has 1 saturated heterocycles. The van der Waals surface area contributed by atoms with E-state index in [1.807, 2.05) is 4.90 Å². The van der Waals surface area contributed by atoms with Crippen molar-refractivity contribution in [1.29, 1.82) is 0 Å². The highest BCUT2D eigenvalue weighted by atomic mass is 79.9. The van der Waals surface area contributed by atoms with Gasteiger partial charge in [0.15, 0.2) is 0 Å². The Kier molecular flexibility index (Phi) is 7.33. The van der Waals surface area contributed by atoms with Crippen LogP contribution in [0.3, 0.4) is 0 Å². The first-order valence-corrected chi connectivity index (χ1v) is 8.84. The number of likely N-dealkylation sites (tertiary alicyclic amines) is 1. The molecule has 1 rings (SSSR count). The molecule has 0 aliphatic carbocycles. The van der Waals surface area contributed by atoms with Crippen LogP contribution >= 0.6 is 15.9 Å². The van der Waals surface area contributed by atoms with Gasteiger partial charge in [-0.25, -0.2) is 0 Å². The van der Waals surface area contributed by atoms with E-state index in [0.29, 0.717) is 12.8 Å². The van der Waals surface area contributed by atoms with Gasteiger partial charge in [-0.3, -0.25) is 0 Å².